The minimum Gasteiger partial charge on any atom is -0.463 e. The van der Waals surface area contributed by atoms with Gasteiger partial charge in [-0.05, 0) is 148 Å². The molecule has 612 valence electrons. The van der Waals surface area contributed by atoms with Crippen LogP contribution in [0.15, 0.2) is 158 Å². The Hall–Kier alpha value is -4.83. The molecule has 0 aliphatic rings. The molecule has 0 aliphatic carbocycles. The lowest BCUT2D eigenvalue weighted by atomic mass is 10.0. The van der Waals surface area contributed by atoms with E-state index < -0.39 is 91.5 Å². The Balaban J connectivity index is 4.55. The number of hydrogen-bond donors (Lipinski definition) is 4. The Kier molecular flexibility index (Phi) is 77.0. The van der Waals surface area contributed by atoms with Crippen LogP contribution in [0, 0.1) is 0 Å². The van der Waals surface area contributed by atoms with Crippen molar-refractivity contribution in [1.29, 1.82) is 0 Å². The maximum atomic E-state index is 13.0. The molecule has 107 heavy (non-hydrogen) atoms. The minimum atomic E-state index is -4.94. The van der Waals surface area contributed by atoms with E-state index in [0.717, 1.165) is 180 Å². The van der Waals surface area contributed by atoms with Crippen molar-refractivity contribution in [3.05, 3.63) is 158 Å². The maximum absolute atomic E-state index is 13.0. The van der Waals surface area contributed by atoms with Crippen LogP contribution in [0.2, 0.25) is 0 Å². The van der Waals surface area contributed by atoms with Gasteiger partial charge in [0, 0.05) is 19.3 Å². The zero-order chi connectivity index (χ0) is 78.0. The van der Waals surface area contributed by atoms with E-state index in [-0.39, 0.29) is 19.3 Å². The topological polar surface area (TPSA) is 231 Å². The Bertz CT molecular complexity index is 2580. The number of rotatable bonds is 78. The van der Waals surface area contributed by atoms with Crippen molar-refractivity contribution in [2.24, 2.45) is 0 Å². The Morgan fingerprint density at radius 2 is 0.495 bits per heavy atom. The predicted molar refractivity (Wildman–Crippen MR) is 445 cm³/mol. The molecular weight excluding hydrogens is 1390 g/mol. The first-order valence-corrected chi connectivity index (χ1v) is 44.8. The third-order valence-electron chi connectivity index (χ3n) is 17.2. The number of aliphatic hydroxyl groups excluding tert-OH is 2. The highest BCUT2D eigenvalue weighted by molar-refractivity contribution is 7.47. The van der Waals surface area contributed by atoms with Crippen molar-refractivity contribution in [3.8, 4) is 0 Å². The van der Waals surface area contributed by atoms with E-state index in [4.69, 9.17) is 32.3 Å². The van der Waals surface area contributed by atoms with Crippen molar-refractivity contribution < 1.29 is 75.8 Å². The van der Waals surface area contributed by atoms with Gasteiger partial charge in [0.2, 0.25) is 0 Å². The SMILES string of the molecule is CC/C=C\C/C=C\C/C=C\C/C=C\C/C=C\C/C=C\CCCCCCCCCCCCC(=O)OCC(O)COP(=O)(O)OCC(O)COP(=O)(O)OCC(COC(=O)CCCCCCCCCCCCC/C=C\C/C=C\C/C=C\C/C=C\C/C=C\CC)OC(=O)CCCCCCC/C=C\C/C=C\CCCCC. The summed E-state index contributed by atoms with van der Waals surface area (Å²) in [6.45, 7) is 2.42. The molecule has 0 aromatic rings. The molecule has 5 unspecified atom stereocenters. The lowest BCUT2D eigenvalue weighted by Gasteiger charge is -2.21. The molecule has 0 rings (SSSR count). The molecule has 0 aliphatic heterocycles. The van der Waals surface area contributed by atoms with E-state index in [1.165, 1.54) is 89.9 Å². The Labute approximate surface area is 650 Å². The van der Waals surface area contributed by atoms with E-state index in [2.05, 4.69) is 179 Å². The summed E-state index contributed by atoms with van der Waals surface area (Å²) in [4.78, 5) is 58.8. The standard InChI is InChI=1S/C89H150O16P2/c1-4-7-10-13-16-19-22-25-28-30-32-34-36-38-40-41-43-45-46-48-50-52-55-57-60-63-66-69-72-75-87(92)99-78-84(90)79-101-106(95,96)102-80-85(91)81-103-107(97,98)104-83-86(105-89(94)77-74-71-68-65-62-59-54-27-24-21-18-15-12-9-6-3)82-100-88(93)76-73-70-67-64-61-58-56-53-51-49-47-44-42-39-37-35-33-31-29-26-23-20-17-14-11-8-5-2/h7-8,10-11,16-21,25-29,32-35,38-40,42-43,45,54,84-86,90-91H,4-6,9,12-15,22-24,30-31,36-37,41,44,46-53,55-83H2,1-3H3,(H,95,96)(H,97,98)/b10-7-,11-8-,19-16-,20-17-,21-18-,28-25-,29-26-,34-32-,35-33-,40-38-,42-39-,45-43-,54-27-. The van der Waals surface area contributed by atoms with Crippen LogP contribution in [-0.4, -0.2) is 95.9 Å². The summed E-state index contributed by atoms with van der Waals surface area (Å²) >= 11 is 0. The highest BCUT2D eigenvalue weighted by Gasteiger charge is 2.29. The fourth-order valence-electron chi connectivity index (χ4n) is 10.9. The molecule has 0 fully saturated rings. The summed E-state index contributed by atoms with van der Waals surface area (Å²) in [5.41, 5.74) is 0. The number of esters is 3. The summed E-state index contributed by atoms with van der Waals surface area (Å²) in [6.07, 6.45) is 101. The van der Waals surface area contributed by atoms with Crippen LogP contribution < -0.4 is 0 Å². The molecule has 0 bridgehead atoms. The second kappa shape index (κ2) is 80.7. The summed E-state index contributed by atoms with van der Waals surface area (Å²) in [6, 6.07) is 0. The molecule has 4 N–H and O–H groups in total. The third-order valence-corrected chi connectivity index (χ3v) is 19.1. The highest BCUT2D eigenvalue weighted by atomic mass is 31.2. The molecule has 18 heteroatoms. The van der Waals surface area contributed by atoms with E-state index >= 15 is 0 Å². The Morgan fingerprint density at radius 3 is 0.785 bits per heavy atom. The molecule has 5 atom stereocenters. The number of phosphoric ester groups is 2. The molecular formula is C89H150O16P2. The van der Waals surface area contributed by atoms with Gasteiger partial charge in [-0.25, -0.2) is 9.13 Å². The largest absolute Gasteiger partial charge is 0.472 e. The van der Waals surface area contributed by atoms with Gasteiger partial charge in [0.1, 0.15) is 25.4 Å². The van der Waals surface area contributed by atoms with Gasteiger partial charge in [0.25, 0.3) is 0 Å². The number of carbonyl (C=O) groups is 3. The zero-order valence-corrected chi connectivity index (χ0v) is 68.8. The number of unbranched alkanes of at least 4 members (excludes halogenated alkanes) is 29. The second-order valence-electron chi connectivity index (χ2n) is 27.5. The molecule has 0 radical (unpaired) electrons. The molecule has 0 heterocycles. The van der Waals surface area contributed by atoms with Crippen molar-refractivity contribution >= 4 is 33.6 Å². The van der Waals surface area contributed by atoms with Crippen molar-refractivity contribution in [2.45, 2.75) is 347 Å². The first kappa shape index (κ1) is 102. The minimum absolute atomic E-state index is 0.0848. The van der Waals surface area contributed by atoms with Crippen molar-refractivity contribution in [1.82, 2.24) is 0 Å². The zero-order valence-electron chi connectivity index (χ0n) is 67.0. The average molecular weight is 1540 g/mol. The smallest absolute Gasteiger partial charge is 0.463 e. The maximum Gasteiger partial charge on any atom is 0.472 e. The van der Waals surface area contributed by atoms with Crippen LogP contribution in [0.1, 0.15) is 329 Å². The van der Waals surface area contributed by atoms with Crippen LogP contribution in [0.3, 0.4) is 0 Å². The van der Waals surface area contributed by atoms with E-state index in [1.54, 1.807) is 0 Å². The van der Waals surface area contributed by atoms with Crippen LogP contribution in [0.25, 0.3) is 0 Å². The molecule has 0 aromatic heterocycles. The second-order valence-corrected chi connectivity index (χ2v) is 30.4. The van der Waals surface area contributed by atoms with Crippen LogP contribution in [0.5, 0.6) is 0 Å². The van der Waals surface area contributed by atoms with Crippen LogP contribution >= 0.6 is 15.6 Å². The number of hydrogen-bond acceptors (Lipinski definition) is 14. The predicted octanol–water partition coefficient (Wildman–Crippen LogP) is 25.0. The van der Waals surface area contributed by atoms with Gasteiger partial charge in [0.05, 0.1) is 26.4 Å². The molecule has 0 amide bonds. The number of carbonyl (C=O) groups excluding carboxylic acids is 3. The van der Waals surface area contributed by atoms with Gasteiger partial charge in [0.15, 0.2) is 6.10 Å². The van der Waals surface area contributed by atoms with Gasteiger partial charge in [-0.3, -0.25) is 32.5 Å². The van der Waals surface area contributed by atoms with Gasteiger partial charge in [-0.15, -0.1) is 0 Å². The highest BCUT2D eigenvalue weighted by Crippen LogP contribution is 2.45. The number of ether oxygens (including phenoxy) is 3. The average Bonchev–Trinajstić information content (AvgIpc) is 0.914. The molecule has 0 spiro atoms. The molecule has 0 saturated heterocycles. The van der Waals surface area contributed by atoms with Crippen molar-refractivity contribution in [2.75, 3.05) is 39.6 Å². The van der Waals surface area contributed by atoms with Crippen LogP contribution in [-0.2, 0) is 55.8 Å². The van der Waals surface area contributed by atoms with Crippen molar-refractivity contribution in [3.63, 3.8) is 0 Å². The summed E-state index contributed by atoms with van der Waals surface area (Å²) in [7, 11) is -9.81. The van der Waals surface area contributed by atoms with Gasteiger partial charge < -0.3 is 34.2 Å². The summed E-state index contributed by atoms with van der Waals surface area (Å²) in [5, 5.41) is 20.7. The number of allylic oxidation sites excluding steroid dienone is 26. The van der Waals surface area contributed by atoms with E-state index in [1.807, 2.05) is 0 Å². The summed E-state index contributed by atoms with van der Waals surface area (Å²) in [5.74, 6) is -1.60. The monoisotopic (exact) mass is 1540 g/mol. The third kappa shape index (κ3) is 82.0. The molecule has 0 saturated carbocycles. The van der Waals surface area contributed by atoms with E-state index in [0.29, 0.717) is 19.3 Å². The van der Waals surface area contributed by atoms with Gasteiger partial charge in [-0.2, -0.15) is 0 Å². The van der Waals surface area contributed by atoms with Crippen LogP contribution in [0.4, 0.5) is 0 Å². The number of aliphatic hydroxyl groups is 2. The first-order chi connectivity index (χ1) is 52.2. The normalized spacial score (nSPS) is 14.7. The first-order valence-electron chi connectivity index (χ1n) is 41.8. The van der Waals surface area contributed by atoms with E-state index in [9.17, 15) is 43.5 Å². The molecule has 16 nitrogen and oxygen atoms in total. The lowest BCUT2D eigenvalue weighted by molar-refractivity contribution is -0.161. The van der Waals surface area contributed by atoms with Gasteiger partial charge in [-0.1, -0.05) is 320 Å². The molecule has 0 aromatic carbocycles. The number of phosphoric acid groups is 2. The quantitative estimate of drug-likeness (QED) is 0.0146. The fourth-order valence-corrected chi connectivity index (χ4v) is 12.5. The lowest BCUT2D eigenvalue weighted by Crippen LogP contribution is -2.30. The Morgan fingerprint density at radius 1 is 0.271 bits per heavy atom. The fraction of sp³-hybridized carbons (Fsp3) is 0.674. The van der Waals surface area contributed by atoms with Gasteiger partial charge >= 0.3 is 33.6 Å². The summed E-state index contributed by atoms with van der Waals surface area (Å²) < 4.78 is 61.2.